The van der Waals surface area contributed by atoms with Gasteiger partial charge in [-0.2, -0.15) is 0 Å². The summed E-state index contributed by atoms with van der Waals surface area (Å²) >= 11 is 0. The van der Waals surface area contributed by atoms with E-state index in [1.165, 1.54) is 0 Å². The fourth-order valence-corrected chi connectivity index (χ4v) is 0.451. The van der Waals surface area contributed by atoms with Gasteiger partial charge < -0.3 is 31.2 Å². The molecule has 118 valence electrons. The molecule has 0 aromatic carbocycles. The second-order valence-corrected chi connectivity index (χ2v) is 2.88. The number of aliphatic hydroxyl groups is 2. The second kappa shape index (κ2) is 22.4. The Hall–Kier alpha value is -1.74. The van der Waals surface area contributed by atoms with Gasteiger partial charge in [-0.3, -0.25) is 9.59 Å². The fraction of sp³-hybridized carbons (Fsp3) is 0.500. The molecule has 0 radical (unpaired) electrons. The smallest absolute Gasteiger partial charge is 0.240 e. The lowest BCUT2D eigenvalue weighted by Gasteiger charge is -2.01. The molecule has 0 unspecified atom stereocenters. The highest BCUT2D eigenvalue weighted by molar-refractivity contribution is 5.85. The maximum atomic E-state index is 9.47. The molecule has 8 heteroatoms. The fourth-order valence-electron chi connectivity index (χ4n) is 0.451. The molecule has 0 aromatic heterocycles. The van der Waals surface area contributed by atoms with Crippen molar-refractivity contribution in [3.63, 3.8) is 0 Å². The minimum Gasteiger partial charge on any atom is -0.394 e. The van der Waals surface area contributed by atoms with Crippen molar-refractivity contribution < 1.29 is 29.3 Å². The van der Waals surface area contributed by atoms with E-state index < -0.39 is 11.8 Å². The van der Waals surface area contributed by atoms with E-state index in [-0.39, 0.29) is 13.2 Å². The molecule has 0 aliphatic carbocycles. The average Bonchev–Trinajstić information content (AvgIpc) is 2.44. The number of hydrogen-bond acceptors (Lipinski definition) is 6. The summed E-state index contributed by atoms with van der Waals surface area (Å²) in [4.78, 5) is 18.9. The maximum absolute atomic E-state index is 9.47. The Bertz CT molecular complexity index is 232. The Kier molecular flexibility index (Phi) is 26.2. The summed E-state index contributed by atoms with van der Waals surface area (Å²) in [5.41, 5.74) is 9.07. The third-order valence-electron chi connectivity index (χ3n) is 1.25. The van der Waals surface area contributed by atoms with Crippen molar-refractivity contribution in [2.75, 3.05) is 39.6 Å². The standard InChI is InChI=1S/C6H14O4.2C3H5NO/c7-1-3-9-5-6-10-4-2-8;2*1-2-3(4)5/h7-8H,1-6H2;2*2H,1H2,(H2,4,5). The van der Waals surface area contributed by atoms with Crippen LogP contribution < -0.4 is 11.5 Å². The van der Waals surface area contributed by atoms with Crippen LogP contribution in [0.15, 0.2) is 25.3 Å². The number of rotatable bonds is 9. The Morgan fingerprint density at radius 3 is 1.25 bits per heavy atom. The molecule has 0 rings (SSSR count). The molecule has 0 atom stereocenters. The SMILES string of the molecule is C=CC(N)=O.C=CC(N)=O.OCCOCCOCCO. The summed E-state index contributed by atoms with van der Waals surface area (Å²) in [7, 11) is 0. The Morgan fingerprint density at radius 1 is 0.850 bits per heavy atom. The average molecular weight is 292 g/mol. The van der Waals surface area contributed by atoms with Crippen molar-refractivity contribution in [1.82, 2.24) is 0 Å². The van der Waals surface area contributed by atoms with Crippen molar-refractivity contribution in [2.24, 2.45) is 11.5 Å². The van der Waals surface area contributed by atoms with E-state index in [0.29, 0.717) is 26.4 Å². The van der Waals surface area contributed by atoms with Crippen LogP contribution in [0.4, 0.5) is 0 Å². The van der Waals surface area contributed by atoms with Crippen molar-refractivity contribution in [1.29, 1.82) is 0 Å². The summed E-state index contributed by atoms with van der Waals surface area (Å²) in [6.45, 7) is 7.90. The normalized spacial score (nSPS) is 8.30. The molecular weight excluding hydrogens is 268 g/mol. The molecule has 0 heterocycles. The van der Waals surface area contributed by atoms with Gasteiger partial charge in [0.1, 0.15) is 0 Å². The Labute approximate surface area is 118 Å². The lowest BCUT2D eigenvalue weighted by molar-refractivity contribution is -0.114. The number of carbonyl (C=O) groups excluding carboxylic acids is 2. The molecule has 20 heavy (non-hydrogen) atoms. The van der Waals surface area contributed by atoms with Gasteiger partial charge in [0.15, 0.2) is 0 Å². The summed E-state index contributed by atoms with van der Waals surface area (Å²) in [6.07, 6.45) is 2.11. The third-order valence-corrected chi connectivity index (χ3v) is 1.25. The third kappa shape index (κ3) is 44.2. The van der Waals surface area contributed by atoms with Crippen LogP contribution >= 0.6 is 0 Å². The molecule has 2 amide bonds. The van der Waals surface area contributed by atoms with Gasteiger partial charge in [0, 0.05) is 0 Å². The number of nitrogens with two attached hydrogens (primary N) is 2. The van der Waals surface area contributed by atoms with Gasteiger partial charge in [0.05, 0.1) is 39.6 Å². The topological polar surface area (TPSA) is 145 Å². The molecular formula is C12H24N2O6. The van der Waals surface area contributed by atoms with Gasteiger partial charge in [-0.25, -0.2) is 0 Å². The first kappa shape index (κ1) is 23.4. The van der Waals surface area contributed by atoms with Gasteiger partial charge in [0.25, 0.3) is 0 Å². The first-order valence-electron chi connectivity index (χ1n) is 5.67. The van der Waals surface area contributed by atoms with E-state index in [4.69, 9.17) is 19.7 Å². The quantitative estimate of drug-likeness (QED) is 0.295. The second-order valence-electron chi connectivity index (χ2n) is 2.88. The highest BCUT2D eigenvalue weighted by Crippen LogP contribution is 1.76. The van der Waals surface area contributed by atoms with Crippen LogP contribution in [0, 0.1) is 0 Å². The van der Waals surface area contributed by atoms with E-state index >= 15 is 0 Å². The predicted octanol–water partition coefficient (Wildman–Crippen LogP) is -1.68. The molecule has 0 bridgehead atoms. The molecule has 0 aliphatic heterocycles. The van der Waals surface area contributed by atoms with Crippen molar-refractivity contribution in [3.05, 3.63) is 25.3 Å². The zero-order valence-electron chi connectivity index (χ0n) is 11.5. The van der Waals surface area contributed by atoms with Crippen LogP contribution in [0.3, 0.4) is 0 Å². The van der Waals surface area contributed by atoms with Crippen molar-refractivity contribution in [3.8, 4) is 0 Å². The lowest BCUT2D eigenvalue weighted by Crippen LogP contribution is -2.09. The first-order valence-corrected chi connectivity index (χ1v) is 5.67. The van der Waals surface area contributed by atoms with Gasteiger partial charge >= 0.3 is 0 Å². The highest BCUT2D eigenvalue weighted by Gasteiger charge is 1.86. The zero-order chi connectivity index (χ0) is 16.2. The number of primary amides is 2. The first-order chi connectivity index (χ1) is 9.45. The van der Waals surface area contributed by atoms with Crippen LogP contribution in [0.25, 0.3) is 0 Å². The number of aliphatic hydroxyl groups excluding tert-OH is 2. The van der Waals surface area contributed by atoms with E-state index in [2.05, 4.69) is 24.6 Å². The summed E-state index contributed by atoms with van der Waals surface area (Å²) < 4.78 is 9.75. The molecule has 6 N–H and O–H groups in total. The summed E-state index contributed by atoms with van der Waals surface area (Å²) in [5.74, 6) is -0.963. The minimum absolute atomic E-state index is 0.0417. The van der Waals surface area contributed by atoms with Crippen LogP contribution in [-0.4, -0.2) is 61.7 Å². The predicted molar refractivity (Wildman–Crippen MR) is 74.6 cm³/mol. The largest absolute Gasteiger partial charge is 0.394 e. The molecule has 0 saturated carbocycles. The van der Waals surface area contributed by atoms with Gasteiger partial charge in [-0.1, -0.05) is 13.2 Å². The molecule has 0 spiro atoms. The Morgan fingerprint density at radius 2 is 1.10 bits per heavy atom. The Balaban J connectivity index is -0.000000244. The van der Waals surface area contributed by atoms with Crippen LogP contribution in [0.2, 0.25) is 0 Å². The number of amides is 2. The maximum Gasteiger partial charge on any atom is 0.240 e. The van der Waals surface area contributed by atoms with Crippen molar-refractivity contribution in [2.45, 2.75) is 0 Å². The molecule has 0 saturated heterocycles. The van der Waals surface area contributed by atoms with Gasteiger partial charge in [0.2, 0.25) is 11.8 Å². The van der Waals surface area contributed by atoms with E-state index in [1.807, 2.05) is 0 Å². The monoisotopic (exact) mass is 292 g/mol. The lowest BCUT2D eigenvalue weighted by atomic mass is 10.6. The molecule has 0 aliphatic rings. The number of ether oxygens (including phenoxy) is 2. The molecule has 0 aromatic rings. The minimum atomic E-state index is -0.481. The molecule has 0 fully saturated rings. The molecule has 8 nitrogen and oxygen atoms in total. The highest BCUT2D eigenvalue weighted by atomic mass is 16.5. The van der Waals surface area contributed by atoms with E-state index in [1.54, 1.807) is 0 Å². The van der Waals surface area contributed by atoms with E-state index in [0.717, 1.165) is 12.2 Å². The zero-order valence-corrected chi connectivity index (χ0v) is 11.5. The van der Waals surface area contributed by atoms with Crippen molar-refractivity contribution >= 4 is 11.8 Å². The number of hydrogen-bond donors (Lipinski definition) is 4. The van der Waals surface area contributed by atoms with Crippen LogP contribution in [-0.2, 0) is 19.1 Å². The van der Waals surface area contributed by atoms with Crippen LogP contribution in [0.5, 0.6) is 0 Å². The van der Waals surface area contributed by atoms with Gasteiger partial charge in [-0.05, 0) is 12.2 Å². The van der Waals surface area contributed by atoms with E-state index in [9.17, 15) is 9.59 Å². The summed E-state index contributed by atoms with van der Waals surface area (Å²) in [6, 6.07) is 0. The van der Waals surface area contributed by atoms with Crippen LogP contribution in [0.1, 0.15) is 0 Å². The van der Waals surface area contributed by atoms with Gasteiger partial charge in [-0.15, -0.1) is 0 Å². The summed E-state index contributed by atoms with van der Waals surface area (Å²) in [5, 5.41) is 16.5. The number of carbonyl (C=O) groups is 2.